The lowest BCUT2D eigenvalue weighted by Crippen LogP contribution is -2.45. The Morgan fingerprint density at radius 2 is 0.676 bits per heavy atom. The Bertz CT molecular complexity index is 1150. The number of hydrogen-bond donors (Lipinski definition) is 3. The topological polar surface area (TPSA) is 95.9 Å². The van der Waals surface area contributed by atoms with Crippen LogP contribution in [0.1, 0.15) is 373 Å². The van der Waals surface area contributed by atoms with Crippen molar-refractivity contribution in [1.29, 1.82) is 0 Å². The summed E-state index contributed by atoms with van der Waals surface area (Å²) in [5, 5.41) is 23.3. The molecule has 0 saturated heterocycles. The van der Waals surface area contributed by atoms with Crippen LogP contribution in [0.4, 0.5) is 0 Å². The second-order valence-corrected chi connectivity index (χ2v) is 23.2. The lowest BCUT2D eigenvalue weighted by Gasteiger charge is -2.22. The van der Waals surface area contributed by atoms with Gasteiger partial charge in [-0.2, -0.15) is 0 Å². The number of unbranched alkanes of at least 4 members (excludes halogenated alkanes) is 48. The fraction of sp³-hybridized carbons (Fsp3) is 0.912. The molecule has 1 amide bonds. The normalized spacial score (nSPS) is 12.6. The number of amides is 1. The Labute approximate surface area is 462 Å². The van der Waals surface area contributed by atoms with Crippen LogP contribution in [-0.4, -0.2) is 47.4 Å². The highest BCUT2D eigenvalue weighted by Gasteiger charge is 2.20. The van der Waals surface area contributed by atoms with Crippen molar-refractivity contribution in [2.75, 3.05) is 13.2 Å². The number of carbonyl (C=O) groups excluding carboxylic acids is 2. The van der Waals surface area contributed by atoms with Gasteiger partial charge in [0.25, 0.3) is 0 Å². The predicted molar refractivity (Wildman–Crippen MR) is 324 cm³/mol. The molecule has 0 aliphatic rings. The third kappa shape index (κ3) is 59.6. The number of ether oxygens (including phenoxy) is 1. The van der Waals surface area contributed by atoms with Gasteiger partial charge in [0.05, 0.1) is 25.4 Å². The molecule has 0 saturated carbocycles. The van der Waals surface area contributed by atoms with Crippen molar-refractivity contribution in [2.24, 2.45) is 0 Å². The van der Waals surface area contributed by atoms with Crippen molar-refractivity contribution in [1.82, 2.24) is 5.32 Å². The highest BCUT2D eigenvalue weighted by atomic mass is 16.5. The molecule has 0 spiro atoms. The van der Waals surface area contributed by atoms with Gasteiger partial charge in [-0.15, -0.1) is 0 Å². The zero-order valence-electron chi connectivity index (χ0n) is 50.1. The average molecular weight is 1040 g/mol. The first-order valence-corrected chi connectivity index (χ1v) is 33.6. The second kappa shape index (κ2) is 63.9. The fourth-order valence-corrected chi connectivity index (χ4v) is 10.6. The minimum Gasteiger partial charge on any atom is -0.466 e. The van der Waals surface area contributed by atoms with Crippen LogP contribution in [0.15, 0.2) is 24.3 Å². The summed E-state index contributed by atoms with van der Waals surface area (Å²) in [6.07, 6.45) is 79.2. The molecule has 2 atom stereocenters. The molecule has 0 aliphatic heterocycles. The van der Waals surface area contributed by atoms with Crippen LogP contribution in [0.25, 0.3) is 0 Å². The standard InChI is InChI=1S/C68H131NO5/c1-3-5-7-9-11-13-15-17-19-20-27-31-34-38-42-46-50-54-58-62-68(73)74-63-59-55-51-47-43-39-35-32-29-26-24-22-21-23-25-28-30-33-37-41-45-49-53-57-61-67(72)69-65(64-70)66(71)60-56-52-48-44-40-36-18-16-14-12-10-8-6-4-2/h11,13,17,19,65-66,70-71H,3-10,12,14-16,18,20-64H2,1-2H3,(H,69,72)/b13-11-,19-17-. The number of rotatable bonds is 63. The number of aliphatic hydroxyl groups is 2. The Morgan fingerprint density at radius 3 is 1.05 bits per heavy atom. The van der Waals surface area contributed by atoms with Gasteiger partial charge in [-0.05, 0) is 57.8 Å². The summed E-state index contributed by atoms with van der Waals surface area (Å²) in [6, 6.07) is -0.540. The van der Waals surface area contributed by atoms with Gasteiger partial charge in [0, 0.05) is 12.8 Å². The van der Waals surface area contributed by atoms with E-state index in [1.165, 1.54) is 289 Å². The van der Waals surface area contributed by atoms with Crippen molar-refractivity contribution in [3.63, 3.8) is 0 Å². The molecule has 0 rings (SSSR count). The fourth-order valence-electron chi connectivity index (χ4n) is 10.6. The summed E-state index contributed by atoms with van der Waals surface area (Å²) < 4.78 is 5.50. The van der Waals surface area contributed by atoms with Crippen molar-refractivity contribution in [2.45, 2.75) is 386 Å². The van der Waals surface area contributed by atoms with E-state index in [1.54, 1.807) is 0 Å². The molecule has 74 heavy (non-hydrogen) atoms. The minimum atomic E-state index is -0.663. The quantitative estimate of drug-likeness (QED) is 0.0320. The van der Waals surface area contributed by atoms with E-state index >= 15 is 0 Å². The van der Waals surface area contributed by atoms with Crippen LogP contribution < -0.4 is 5.32 Å². The number of aliphatic hydroxyl groups excluding tert-OH is 2. The maximum absolute atomic E-state index is 12.5. The molecular weight excluding hydrogens is 911 g/mol. The van der Waals surface area contributed by atoms with Gasteiger partial charge in [-0.25, -0.2) is 0 Å². The predicted octanol–water partition coefficient (Wildman–Crippen LogP) is 21.4. The van der Waals surface area contributed by atoms with Crippen LogP contribution in [0, 0.1) is 0 Å². The van der Waals surface area contributed by atoms with Gasteiger partial charge in [-0.1, -0.05) is 327 Å². The van der Waals surface area contributed by atoms with Crippen molar-refractivity contribution >= 4 is 11.9 Å². The lowest BCUT2D eigenvalue weighted by molar-refractivity contribution is -0.143. The van der Waals surface area contributed by atoms with E-state index < -0.39 is 12.1 Å². The molecule has 6 heteroatoms. The molecule has 438 valence electrons. The van der Waals surface area contributed by atoms with Crippen LogP contribution >= 0.6 is 0 Å². The van der Waals surface area contributed by atoms with Crippen LogP contribution in [-0.2, 0) is 14.3 Å². The van der Waals surface area contributed by atoms with Crippen molar-refractivity contribution in [3.8, 4) is 0 Å². The Balaban J connectivity index is 3.34. The SMILES string of the molecule is CCCCC/C=C\C/C=C\CCCCCCCCCCCC(=O)OCCCCCCCCCCCCCCCCCCCCCCCCCCC(=O)NC(CO)C(O)CCCCCCCCCCCCCCCC. The minimum absolute atomic E-state index is 0.0123. The van der Waals surface area contributed by atoms with Crippen LogP contribution in [0.3, 0.4) is 0 Å². The number of carbonyl (C=O) groups is 2. The second-order valence-electron chi connectivity index (χ2n) is 23.2. The van der Waals surface area contributed by atoms with E-state index in [0.717, 1.165) is 51.4 Å². The van der Waals surface area contributed by atoms with Gasteiger partial charge in [0.2, 0.25) is 5.91 Å². The molecule has 0 aromatic heterocycles. The van der Waals surface area contributed by atoms with E-state index in [0.29, 0.717) is 25.9 Å². The van der Waals surface area contributed by atoms with E-state index in [1.807, 2.05) is 0 Å². The summed E-state index contributed by atoms with van der Waals surface area (Å²) in [6.45, 7) is 4.95. The Kier molecular flexibility index (Phi) is 62.4. The summed E-state index contributed by atoms with van der Waals surface area (Å²) in [5.74, 6) is -0.0193. The van der Waals surface area contributed by atoms with Crippen LogP contribution in [0.2, 0.25) is 0 Å². The van der Waals surface area contributed by atoms with E-state index in [-0.39, 0.29) is 18.5 Å². The molecule has 0 fully saturated rings. The zero-order chi connectivity index (χ0) is 53.6. The monoisotopic (exact) mass is 1040 g/mol. The summed E-state index contributed by atoms with van der Waals surface area (Å²) >= 11 is 0. The van der Waals surface area contributed by atoms with Crippen molar-refractivity contribution in [3.05, 3.63) is 24.3 Å². The van der Waals surface area contributed by atoms with E-state index in [9.17, 15) is 19.8 Å². The first-order valence-electron chi connectivity index (χ1n) is 33.6. The molecule has 0 aromatic carbocycles. The lowest BCUT2D eigenvalue weighted by atomic mass is 10.0. The highest BCUT2D eigenvalue weighted by molar-refractivity contribution is 5.76. The first-order chi connectivity index (χ1) is 36.5. The Morgan fingerprint density at radius 1 is 0.378 bits per heavy atom. The van der Waals surface area contributed by atoms with E-state index in [2.05, 4.69) is 43.5 Å². The van der Waals surface area contributed by atoms with Gasteiger partial charge in [-0.3, -0.25) is 9.59 Å². The van der Waals surface area contributed by atoms with E-state index in [4.69, 9.17) is 4.74 Å². The Hall–Kier alpha value is -1.66. The van der Waals surface area contributed by atoms with Gasteiger partial charge >= 0.3 is 5.97 Å². The highest BCUT2D eigenvalue weighted by Crippen LogP contribution is 2.19. The number of esters is 1. The molecule has 2 unspecified atom stereocenters. The average Bonchev–Trinajstić information content (AvgIpc) is 3.40. The van der Waals surface area contributed by atoms with Gasteiger partial charge in [0.1, 0.15) is 0 Å². The van der Waals surface area contributed by atoms with Crippen LogP contribution in [0.5, 0.6) is 0 Å². The smallest absolute Gasteiger partial charge is 0.305 e. The maximum Gasteiger partial charge on any atom is 0.305 e. The summed E-state index contributed by atoms with van der Waals surface area (Å²) in [4.78, 5) is 24.6. The maximum atomic E-state index is 12.5. The third-order valence-corrected chi connectivity index (χ3v) is 15.8. The molecule has 3 N–H and O–H groups in total. The molecule has 0 aliphatic carbocycles. The molecule has 0 heterocycles. The summed E-state index contributed by atoms with van der Waals surface area (Å²) in [5.41, 5.74) is 0. The summed E-state index contributed by atoms with van der Waals surface area (Å²) in [7, 11) is 0. The number of allylic oxidation sites excluding steroid dienone is 4. The molecule has 0 bridgehead atoms. The third-order valence-electron chi connectivity index (χ3n) is 15.8. The number of nitrogens with one attached hydrogen (secondary N) is 1. The number of hydrogen-bond acceptors (Lipinski definition) is 5. The molecular formula is C68H131NO5. The largest absolute Gasteiger partial charge is 0.466 e. The molecule has 0 radical (unpaired) electrons. The molecule has 6 nitrogen and oxygen atoms in total. The van der Waals surface area contributed by atoms with Gasteiger partial charge < -0.3 is 20.3 Å². The first kappa shape index (κ1) is 72.3. The zero-order valence-corrected chi connectivity index (χ0v) is 50.1. The van der Waals surface area contributed by atoms with Gasteiger partial charge in [0.15, 0.2) is 0 Å². The molecule has 0 aromatic rings. The van der Waals surface area contributed by atoms with Crippen molar-refractivity contribution < 1.29 is 24.5 Å².